The van der Waals surface area contributed by atoms with E-state index >= 15 is 0 Å². The van der Waals surface area contributed by atoms with Crippen LogP contribution in [-0.2, 0) is 18.3 Å². The van der Waals surface area contributed by atoms with E-state index in [2.05, 4.69) is 29.9 Å². The number of carbonyl (C=O) groups excluding carboxylic acids is 1. The SMILES string of the molecule is Cn1c(CN2CCOCC2)nnc1[C@H]1CCCN(C(=O)c2ccn[nH]2)C1. The molecule has 1 N–H and O–H groups in total. The number of morpholine rings is 1. The summed E-state index contributed by atoms with van der Waals surface area (Å²) in [6, 6.07) is 1.72. The van der Waals surface area contributed by atoms with Crippen molar-refractivity contribution < 1.29 is 9.53 Å². The van der Waals surface area contributed by atoms with Crippen LogP contribution in [0.5, 0.6) is 0 Å². The number of aromatic amines is 1. The van der Waals surface area contributed by atoms with Gasteiger partial charge in [0.05, 0.1) is 19.8 Å². The molecule has 26 heavy (non-hydrogen) atoms. The van der Waals surface area contributed by atoms with Gasteiger partial charge in [-0.15, -0.1) is 10.2 Å². The quantitative estimate of drug-likeness (QED) is 0.849. The highest BCUT2D eigenvalue weighted by Gasteiger charge is 2.29. The molecule has 2 fully saturated rings. The number of nitrogens with one attached hydrogen (secondary N) is 1. The van der Waals surface area contributed by atoms with Crippen molar-refractivity contribution in [1.82, 2.24) is 34.8 Å². The molecule has 0 aliphatic carbocycles. The van der Waals surface area contributed by atoms with E-state index < -0.39 is 0 Å². The van der Waals surface area contributed by atoms with Gasteiger partial charge in [0, 0.05) is 45.3 Å². The predicted octanol–water partition coefficient (Wildman–Crippen LogP) is 0.390. The number of hydrogen-bond acceptors (Lipinski definition) is 6. The summed E-state index contributed by atoms with van der Waals surface area (Å²) in [4.78, 5) is 16.8. The summed E-state index contributed by atoms with van der Waals surface area (Å²) in [5.41, 5.74) is 0.539. The normalized spacial score (nSPS) is 21.9. The predicted molar refractivity (Wildman–Crippen MR) is 93.6 cm³/mol. The maximum Gasteiger partial charge on any atom is 0.271 e. The Morgan fingerprint density at radius 2 is 2.15 bits per heavy atom. The smallest absolute Gasteiger partial charge is 0.271 e. The lowest BCUT2D eigenvalue weighted by molar-refractivity contribution is 0.0326. The zero-order valence-corrected chi connectivity index (χ0v) is 15.1. The number of nitrogens with zero attached hydrogens (tertiary/aromatic N) is 6. The van der Waals surface area contributed by atoms with Crippen LogP contribution in [0.4, 0.5) is 0 Å². The van der Waals surface area contributed by atoms with Crippen molar-refractivity contribution in [3.05, 3.63) is 29.6 Å². The number of rotatable bonds is 4. The van der Waals surface area contributed by atoms with Gasteiger partial charge in [-0.25, -0.2) is 0 Å². The number of carbonyl (C=O) groups is 1. The molecule has 140 valence electrons. The Kier molecular flexibility index (Phi) is 4.98. The maximum absolute atomic E-state index is 12.6. The number of piperidine rings is 1. The molecule has 1 atom stereocenters. The molecular formula is C17H25N7O2. The lowest BCUT2D eigenvalue weighted by Crippen LogP contribution is -2.40. The molecule has 9 nitrogen and oxygen atoms in total. The van der Waals surface area contributed by atoms with E-state index in [0.717, 1.165) is 63.9 Å². The van der Waals surface area contributed by atoms with Crippen LogP contribution in [0, 0.1) is 0 Å². The lowest BCUT2D eigenvalue weighted by Gasteiger charge is -2.32. The molecule has 0 unspecified atom stereocenters. The Hall–Kier alpha value is -2.26. The van der Waals surface area contributed by atoms with Gasteiger partial charge in [0.1, 0.15) is 17.3 Å². The van der Waals surface area contributed by atoms with Crippen LogP contribution in [0.1, 0.15) is 40.9 Å². The van der Waals surface area contributed by atoms with Crippen LogP contribution in [-0.4, -0.2) is 80.1 Å². The van der Waals surface area contributed by atoms with E-state index in [1.54, 1.807) is 12.3 Å². The van der Waals surface area contributed by atoms with Crippen LogP contribution in [0.3, 0.4) is 0 Å². The molecule has 9 heteroatoms. The summed E-state index contributed by atoms with van der Waals surface area (Å²) in [5, 5.41) is 15.5. The molecule has 0 bridgehead atoms. The standard InChI is InChI=1S/C17H25N7O2/c1-22-15(12-23-7-9-26-10-8-23)20-21-16(22)13-3-2-6-24(11-13)17(25)14-4-5-18-19-14/h4-5,13H,2-3,6-12H2,1H3,(H,18,19)/t13-/m0/s1. The minimum absolute atomic E-state index is 0.00269. The minimum Gasteiger partial charge on any atom is -0.379 e. The summed E-state index contributed by atoms with van der Waals surface area (Å²) >= 11 is 0. The van der Waals surface area contributed by atoms with Gasteiger partial charge in [-0.1, -0.05) is 0 Å². The highest BCUT2D eigenvalue weighted by molar-refractivity contribution is 5.92. The van der Waals surface area contributed by atoms with Gasteiger partial charge in [-0.3, -0.25) is 14.8 Å². The Bertz CT molecular complexity index is 736. The average Bonchev–Trinajstić information content (AvgIpc) is 3.33. The van der Waals surface area contributed by atoms with E-state index in [9.17, 15) is 4.79 Å². The minimum atomic E-state index is 0.00269. The molecule has 0 spiro atoms. The average molecular weight is 359 g/mol. The van der Waals surface area contributed by atoms with Crippen LogP contribution in [0.2, 0.25) is 0 Å². The van der Waals surface area contributed by atoms with Crippen LogP contribution >= 0.6 is 0 Å². The van der Waals surface area contributed by atoms with Crippen molar-refractivity contribution in [3.63, 3.8) is 0 Å². The Morgan fingerprint density at radius 3 is 2.92 bits per heavy atom. The van der Waals surface area contributed by atoms with E-state index in [1.165, 1.54) is 0 Å². The second-order valence-electron chi connectivity index (χ2n) is 6.98. The van der Waals surface area contributed by atoms with E-state index in [1.807, 2.05) is 11.9 Å². The number of H-pyrrole nitrogens is 1. The lowest BCUT2D eigenvalue weighted by atomic mass is 9.97. The molecule has 0 radical (unpaired) electrons. The molecule has 0 saturated carbocycles. The van der Waals surface area contributed by atoms with Crippen molar-refractivity contribution in [2.24, 2.45) is 7.05 Å². The van der Waals surface area contributed by atoms with Gasteiger partial charge in [-0.05, 0) is 18.9 Å². The first-order valence-electron chi connectivity index (χ1n) is 9.19. The number of hydrogen-bond donors (Lipinski definition) is 1. The number of ether oxygens (including phenoxy) is 1. The Balaban J connectivity index is 1.44. The fourth-order valence-corrected chi connectivity index (χ4v) is 3.75. The Morgan fingerprint density at radius 1 is 1.31 bits per heavy atom. The fourth-order valence-electron chi connectivity index (χ4n) is 3.75. The zero-order chi connectivity index (χ0) is 17.9. The van der Waals surface area contributed by atoms with Gasteiger partial charge in [0.15, 0.2) is 0 Å². The molecule has 2 aromatic rings. The molecule has 4 heterocycles. The van der Waals surface area contributed by atoms with Gasteiger partial charge in [0.2, 0.25) is 0 Å². The van der Waals surface area contributed by atoms with Crippen LogP contribution in [0.25, 0.3) is 0 Å². The van der Waals surface area contributed by atoms with Crippen molar-refractivity contribution in [3.8, 4) is 0 Å². The third-order valence-electron chi connectivity index (χ3n) is 5.27. The first-order chi connectivity index (χ1) is 12.7. The first-order valence-corrected chi connectivity index (χ1v) is 9.19. The van der Waals surface area contributed by atoms with Crippen molar-refractivity contribution >= 4 is 5.91 Å². The second-order valence-corrected chi connectivity index (χ2v) is 6.98. The summed E-state index contributed by atoms with van der Waals surface area (Å²) in [6.45, 7) is 5.64. The molecule has 2 aliphatic rings. The van der Waals surface area contributed by atoms with E-state index in [4.69, 9.17) is 4.74 Å². The van der Waals surface area contributed by atoms with Crippen LogP contribution in [0.15, 0.2) is 12.3 Å². The molecule has 2 aromatic heterocycles. The largest absolute Gasteiger partial charge is 0.379 e. The number of likely N-dealkylation sites (tertiary alicyclic amines) is 1. The molecule has 2 aliphatic heterocycles. The van der Waals surface area contributed by atoms with Crippen molar-refractivity contribution in [2.75, 3.05) is 39.4 Å². The number of aromatic nitrogens is 5. The Labute approximate surface area is 152 Å². The molecule has 1 amide bonds. The van der Waals surface area contributed by atoms with Crippen LogP contribution < -0.4 is 0 Å². The molecule has 2 saturated heterocycles. The summed E-state index contributed by atoms with van der Waals surface area (Å²) in [6.07, 6.45) is 3.60. The fraction of sp³-hybridized carbons (Fsp3) is 0.647. The van der Waals surface area contributed by atoms with E-state index in [-0.39, 0.29) is 11.8 Å². The third-order valence-corrected chi connectivity index (χ3v) is 5.27. The van der Waals surface area contributed by atoms with Crippen molar-refractivity contribution in [1.29, 1.82) is 0 Å². The first kappa shape index (κ1) is 17.2. The molecule has 4 rings (SSSR count). The molecular weight excluding hydrogens is 334 g/mol. The van der Waals surface area contributed by atoms with Gasteiger partial charge < -0.3 is 14.2 Å². The van der Waals surface area contributed by atoms with Gasteiger partial charge in [0.25, 0.3) is 5.91 Å². The maximum atomic E-state index is 12.6. The van der Waals surface area contributed by atoms with Crippen molar-refractivity contribution in [2.45, 2.75) is 25.3 Å². The highest BCUT2D eigenvalue weighted by Crippen LogP contribution is 2.26. The monoisotopic (exact) mass is 359 g/mol. The third kappa shape index (κ3) is 3.49. The summed E-state index contributed by atoms with van der Waals surface area (Å²) < 4.78 is 7.51. The number of amides is 1. The molecule has 0 aromatic carbocycles. The van der Waals surface area contributed by atoms with Gasteiger partial charge in [-0.2, -0.15) is 5.10 Å². The zero-order valence-electron chi connectivity index (χ0n) is 15.1. The summed E-state index contributed by atoms with van der Waals surface area (Å²) in [7, 11) is 2.03. The topological polar surface area (TPSA) is 92.2 Å². The highest BCUT2D eigenvalue weighted by atomic mass is 16.5. The second kappa shape index (κ2) is 7.55. The van der Waals surface area contributed by atoms with Gasteiger partial charge >= 0.3 is 0 Å². The summed E-state index contributed by atoms with van der Waals surface area (Å²) in [5.74, 6) is 2.16. The van der Waals surface area contributed by atoms with E-state index in [0.29, 0.717) is 12.2 Å².